The van der Waals surface area contributed by atoms with Gasteiger partial charge < -0.3 is 0 Å². The molecule has 3 heteroatoms. The minimum Gasteiger partial charge on any atom is -0.297 e. The van der Waals surface area contributed by atoms with Crippen LogP contribution in [-0.4, -0.2) is 29.6 Å². The highest BCUT2D eigenvalue weighted by molar-refractivity contribution is 8.12. The molecule has 0 saturated carbocycles. The second kappa shape index (κ2) is 2.74. The highest BCUT2D eigenvalue weighted by atomic mass is 32.2. The molecule has 0 saturated heterocycles. The molecule has 0 aromatic rings. The van der Waals surface area contributed by atoms with Gasteiger partial charge in [0.2, 0.25) is 0 Å². The molecule has 2 aliphatic rings. The normalized spacial score (nSPS) is 37.6. The molecule has 54 valence electrons. The van der Waals surface area contributed by atoms with Crippen LogP contribution in [0.4, 0.5) is 0 Å². The summed E-state index contributed by atoms with van der Waals surface area (Å²) in [6.45, 7) is 0.971. The van der Waals surface area contributed by atoms with Crippen molar-refractivity contribution >= 4 is 23.5 Å². The highest BCUT2D eigenvalue weighted by Crippen LogP contribution is 2.27. The lowest BCUT2D eigenvalue weighted by atomic mass is 10.1. The van der Waals surface area contributed by atoms with Gasteiger partial charge in [0.25, 0.3) is 0 Å². The van der Waals surface area contributed by atoms with Crippen molar-refractivity contribution in [2.45, 2.75) is 24.1 Å². The number of nitrogens with zero attached hydrogens (tertiary/aromatic N) is 2. The first-order valence-corrected chi connectivity index (χ1v) is 4.56. The smallest absolute Gasteiger partial charge is 0.0649 e. The Labute approximate surface area is 64.8 Å². The predicted molar refractivity (Wildman–Crippen MR) is 46.3 cm³/mol. The van der Waals surface area contributed by atoms with Crippen molar-refractivity contribution in [3.8, 4) is 0 Å². The van der Waals surface area contributed by atoms with Gasteiger partial charge in [-0.25, -0.2) is 0 Å². The Kier molecular flexibility index (Phi) is 1.76. The van der Waals surface area contributed by atoms with Crippen LogP contribution in [0.2, 0.25) is 0 Å². The summed E-state index contributed by atoms with van der Waals surface area (Å²) in [7, 11) is 0. The van der Waals surface area contributed by atoms with E-state index < -0.39 is 0 Å². The number of hydrogen-bond acceptors (Lipinski definition) is 3. The van der Waals surface area contributed by atoms with Crippen LogP contribution in [0.5, 0.6) is 0 Å². The van der Waals surface area contributed by atoms with Crippen LogP contribution in [-0.2, 0) is 0 Å². The highest BCUT2D eigenvalue weighted by Gasteiger charge is 2.24. The average molecular weight is 154 g/mol. The molecular weight excluding hydrogens is 144 g/mol. The van der Waals surface area contributed by atoms with Gasteiger partial charge in [-0.3, -0.25) is 9.98 Å². The third-order valence-electron chi connectivity index (χ3n) is 1.94. The molecule has 0 aromatic carbocycles. The molecule has 0 fully saturated rings. The van der Waals surface area contributed by atoms with E-state index in [0.717, 1.165) is 19.4 Å². The van der Waals surface area contributed by atoms with Gasteiger partial charge in [0.05, 0.1) is 11.6 Å². The van der Waals surface area contributed by atoms with Gasteiger partial charge in [-0.2, -0.15) is 0 Å². The van der Waals surface area contributed by atoms with E-state index in [2.05, 4.69) is 9.98 Å². The maximum Gasteiger partial charge on any atom is 0.0649 e. The zero-order valence-electron chi connectivity index (χ0n) is 5.73. The molecule has 0 bridgehead atoms. The van der Waals surface area contributed by atoms with Gasteiger partial charge in [0.1, 0.15) is 0 Å². The van der Waals surface area contributed by atoms with Crippen molar-refractivity contribution < 1.29 is 0 Å². The van der Waals surface area contributed by atoms with E-state index in [9.17, 15) is 0 Å². The molecule has 2 atom stereocenters. The summed E-state index contributed by atoms with van der Waals surface area (Å²) in [5.41, 5.74) is 1.99. The Hall–Kier alpha value is -0.310. The maximum absolute atomic E-state index is 4.38. The molecule has 0 spiro atoms. The summed E-state index contributed by atoms with van der Waals surface area (Å²) in [6, 6.07) is 0.562. The quantitative estimate of drug-likeness (QED) is 0.517. The molecule has 0 N–H and O–H groups in total. The predicted octanol–water partition coefficient (Wildman–Crippen LogP) is 1.36. The van der Waals surface area contributed by atoms with Crippen LogP contribution in [0.15, 0.2) is 9.98 Å². The Morgan fingerprint density at radius 1 is 1.50 bits per heavy atom. The van der Waals surface area contributed by atoms with Crippen molar-refractivity contribution in [1.29, 1.82) is 0 Å². The van der Waals surface area contributed by atoms with Gasteiger partial charge in [-0.1, -0.05) is 0 Å². The van der Waals surface area contributed by atoms with Gasteiger partial charge in [0.15, 0.2) is 0 Å². The standard InChI is InChI=1S/C7H10N2S/c1-3-8-4-2-7-6(1)9-5-10-7/h4-7H,1-3H2. The fourth-order valence-electron chi connectivity index (χ4n) is 1.33. The van der Waals surface area contributed by atoms with Crippen molar-refractivity contribution in [2.75, 3.05) is 6.54 Å². The topological polar surface area (TPSA) is 24.7 Å². The third kappa shape index (κ3) is 1.10. The number of fused-ring (bicyclic) bond motifs is 1. The van der Waals surface area contributed by atoms with Crippen LogP contribution in [0.3, 0.4) is 0 Å². The van der Waals surface area contributed by atoms with Gasteiger partial charge in [-0.05, 0) is 19.1 Å². The zero-order chi connectivity index (χ0) is 6.81. The molecule has 2 nitrogen and oxygen atoms in total. The third-order valence-corrected chi connectivity index (χ3v) is 3.04. The summed E-state index contributed by atoms with van der Waals surface area (Å²) < 4.78 is 0. The molecule has 2 rings (SSSR count). The average Bonchev–Trinajstić information content (AvgIpc) is 2.28. The second-order valence-corrected chi connectivity index (χ2v) is 3.70. The number of hydrogen-bond donors (Lipinski definition) is 0. The van der Waals surface area contributed by atoms with Gasteiger partial charge in [0, 0.05) is 11.8 Å². The van der Waals surface area contributed by atoms with Crippen LogP contribution < -0.4 is 0 Å². The van der Waals surface area contributed by atoms with E-state index in [1.54, 1.807) is 0 Å². The molecule has 0 aliphatic carbocycles. The lowest BCUT2D eigenvalue weighted by Crippen LogP contribution is -2.16. The first-order valence-electron chi connectivity index (χ1n) is 3.62. The fourth-order valence-corrected chi connectivity index (χ4v) is 2.30. The number of aliphatic imine (C=N–C) groups is 2. The Bertz CT molecular complexity index is 176. The summed E-state index contributed by atoms with van der Waals surface area (Å²) in [5, 5.41) is 0.700. The van der Waals surface area contributed by atoms with Crippen LogP contribution in [0.1, 0.15) is 12.8 Å². The van der Waals surface area contributed by atoms with Crippen LogP contribution in [0, 0.1) is 0 Å². The molecule has 2 heterocycles. The van der Waals surface area contributed by atoms with Crippen molar-refractivity contribution in [3.63, 3.8) is 0 Å². The van der Waals surface area contributed by atoms with Crippen LogP contribution in [0.25, 0.3) is 0 Å². The van der Waals surface area contributed by atoms with Crippen molar-refractivity contribution in [2.24, 2.45) is 9.98 Å². The molecule has 2 unspecified atom stereocenters. The fraction of sp³-hybridized carbons (Fsp3) is 0.714. The summed E-state index contributed by atoms with van der Waals surface area (Å²) >= 11 is 1.86. The molecule has 0 aromatic heterocycles. The summed E-state index contributed by atoms with van der Waals surface area (Å²) in [4.78, 5) is 8.62. The Morgan fingerprint density at radius 2 is 2.50 bits per heavy atom. The lowest BCUT2D eigenvalue weighted by Gasteiger charge is -2.10. The number of thioether (sulfide) groups is 1. The Balaban J connectivity index is 2.06. The molecule has 0 amide bonds. The monoisotopic (exact) mass is 154 g/mol. The SMILES string of the molecule is C1=NCCC2N=CSC2C1. The minimum absolute atomic E-state index is 0.562. The van der Waals surface area contributed by atoms with E-state index in [4.69, 9.17) is 0 Å². The second-order valence-electron chi connectivity index (χ2n) is 2.61. The zero-order valence-corrected chi connectivity index (χ0v) is 6.55. The maximum atomic E-state index is 4.38. The summed E-state index contributed by atoms with van der Waals surface area (Å²) in [5.74, 6) is 0. The largest absolute Gasteiger partial charge is 0.297 e. The Morgan fingerprint density at radius 3 is 3.50 bits per heavy atom. The van der Waals surface area contributed by atoms with Gasteiger partial charge >= 0.3 is 0 Å². The van der Waals surface area contributed by atoms with E-state index in [1.807, 2.05) is 23.5 Å². The van der Waals surface area contributed by atoms with E-state index in [0.29, 0.717) is 11.3 Å². The molecular formula is C7H10N2S. The first kappa shape index (κ1) is 6.40. The molecule has 10 heavy (non-hydrogen) atoms. The van der Waals surface area contributed by atoms with E-state index >= 15 is 0 Å². The molecule has 0 radical (unpaired) electrons. The van der Waals surface area contributed by atoms with Gasteiger partial charge in [-0.15, -0.1) is 11.8 Å². The lowest BCUT2D eigenvalue weighted by molar-refractivity contribution is 0.632. The minimum atomic E-state index is 0.562. The van der Waals surface area contributed by atoms with E-state index in [1.165, 1.54) is 0 Å². The molecule has 2 aliphatic heterocycles. The first-order chi connectivity index (χ1) is 4.97. The van der Waals surface area contributed by atoms with Crippen molar-refractivity contribution in [1.82, 2.24) is 0 Å². The van der Waals surface area contributed by atoms with E-state index in [-0.39, 0.29) is 0 Å². The summed E-state index contributed by atoms with van der Waals surface area (Å²) in [6.07, 6.45) is 4.30. The van der Waals surface area contributed by atoms with Crippen molar-refractivity contribution in [3.05, 3.63) is 0 Å². The van der Waals surface area contributed by atoms with Crippen LogP contribution >= 0.6 is 11.8 Å². The number of rotatable bonds is 0.